The highest BCUT2D eigenvalue weighted by molar-refractivity contribution is 5.86. The third kappa shape index (κ3) is 6.29. The number of hydrogen-bond acceptors (Lipinski definition) is 3. The Morgan fingerprint density at radius 2 is 2.00 bits per heavy atom. The van der Waals surface area contributed by atoms with E-state index in [1.165, 1.54) is 12.8 Å². The van der Waals surface area contributed by atoms with Crippen LogP contribution in [0.2, 0.25) is 0 Å². The molecule has 0 saturated heterocycles. The molecule has 0 aromatic heterocycles. The Kier molecular flexibility index (Phi) is 7.57. The number of carbonyl (C=O) groups excluding carboxylic acids is 1. The summed E-state index contributed by atoms with van der Waals surface area (Å²) in [5.74, 6) is 1.57. The molecule has 6 nitrogen and oxygen atoms in total. The van der Waals surface area contributed by atoms with Crippen LogP contribution in [-0.4, -0.2) is 50.1 Å². The number of benzene rings is 1. The van der Waals surface area contributed by atoms with Crippen LogP contribution in [0, 0.1) is 0 Å². The topological polar surface area (TPSA) is 66.0 Å². The second-order valence-electron chi connectivity index (χ2n) is 6.47. The summed E-state index contributed by atoms with van der Waals surface area (Å²) < 4.78 is 5.66. The average molecular weight is 346 g/mol. The summed E-state index contributed by atoms with van der Waals surface area (Å²) in [5.41, 5.74) is 1.04. The number of para-hydroxylation sites is 1. The number of rotatable bonds is 7. The van der Waals surface area contributed by atoms with Crippen molar-refractivity contribution in [1.82, 2.24) is 15.5 Å². The first-order valence-corrected chi connectivity index (χ1v) is 9.06. The number of amides is 1. The van der Waals surface area contributed by atoms with E-state index in [-0.39, 0.29) is 12.5 Å². The molecule has 0 unspecified atom stereocenters. The Labute approximate surface area is 150 Å². The Hall–Kier alpha value is -2.24. The predicted molar refractivity (Wildman–Crippen MR) is 101 cm³/mol. The van der Waals surface area contributed by atoms with Gasteiger partial charge in [0.05, 0.1) is 19.7 Å². The van der Waals surface area contributed by atoms with Gasteiger partial charge in [-0.3, -0.25) is 4.79 Å². The van der Waals surface area contributed by atoms with Crippen LogP contribution in [0.3, 0.4) is 0 Å². The summed E-state index contributed by atoms with van der Waals surface area (Å²) in [7, 11) is 3.51. The van der Waals surface area contributed by atoms with Crippen LogP contribution < -0.4 is 15.4 Å². The number of aliphatic imine (C=N–C) groups is 1. The smallest absolute Gasteiger partial charge is 0.241 e. The van der Waals surface area contributed by atoms with Crippen molar-refractivity contribution in [2.45, 2.75) is 45.2 Å². The first kappa shape index (κ1) is 19.1. The van der Waals surface area contributed by atoms with Crippen LogP contribution in [0.4, 0.5) is 0 Å². The van der Waals surface area contributed by atoms with Gasteiger partial charge in [-0.15, -0.1) is 0 Å². The molecule has 1 fully saturated rings. The maximum atomic E-state index is 11.9. The third-order valence-corrected chi connectivity index (χ3v) is 4.28. The lowest BCUT2D eigenvalue weighted by atomic mass is 10.2. The van der Waals surface area contributed by atoms with E-state index in [9.17, 15) is 4.79 Å². The van der Waals surface area contributed by atoms with Gasteiger partial charge in [-0.05, 0) is 25.8 Å². The molecule has 2 N–H and O–H groups in total. The maximum Gasteiger partial charge on any atom is 0.241 e. The van der Waals surface area contributed by atoms with E-state index in [1.807, 2.05) is 31.2 Å². The number of ether oxygens (including phenoxy) is 1. The van der Waals surface area contributed by atoms with Gasteiger partial charge in [0.1, 0.15) is 5.75 Å². The van der Waals surface area contributed by atoms with Gasteiger partial charge in [0.15, 0.2) is 5.96 Å². The maximum absolute atomic E-state index is 11.9. The monoisotopic (exact) mass is 346 g/mol. The number of likely N-dealkylation sites (N-methyl/N-ethyl adjacent to an activating group) is 1. The van der Waals surface area contributed by atoms with E-state index in [4.69, 9.17) is 4.74 Å². The van der Waals surface area contributed by atoms with Crippen molar-refractivity contribution in [3.8, 4) is 5.75 Å². The van der Waals surface area contributed by atoms with Crippen LogP contribution in [0.25, 0.3) is 0 Å². The molecule has 0 bridgehead atoms. The summed E-state index contributed by atoms with van der Waals surface area (Å²) in [6, 6.07) is 8.36. The molecule has 0 atom stereocenters. The highest BCUT2D eigenvalue weighted by atomic mass is 16.5. The molecule has 1 saturated carbocycles. The lowest BCUT2D eigenvalue weighted by Crippen LogP contribution is -2.46. The summed E-state index contributed by atoms with van der Waals surface area (Å²) in [6.45, 7) is 3.35. The second kappa shape index (κ2) is 9.91. The molecular formula is C19H30N4O2. The van der Waals surface area contributed by atoms with Crippen LogP contribution in [0.15, 0.2) is 29.3 Å². The van der Waals surface area contributed by atoms with E-state index in [0.717, 1.165) is 24.2 Å². The second-order valence-corrected chi connectivity index (χ2v) is 6.47. The lowest BCUT2D eigenvalue weighted by Gasteiger charge is -2.18. The van der Waals surface area contributed by atoms with Crippen molar-refractivity contribution < 1.29 is 9.53 Å². The van der Waals surface area contributed by atoms with Gasteiger partial charge in [-0.2, -0.15) is 0 Å². The predicted octanol–water partition coefficient (Wildman–Crippen LogP) is 2.15. The Morgan fingerprint density at radius 3 is 2.68 bits per heavy atom. The minimum absolute atomic E-state index is 0.0237. The first-order chi connectivity index (χ1) is 12.1. The molecule has 1 aromatic carbocycles. The van der Waals surface area contributed by atoms with Gasteiger partial charge in [0, 0.05) is 25.7 Å². The van der Waals surface area contributed by atoms with Crippen LogP contribution in [0.5, 0.6) is 5.75 Å². The highest BCUT2D eigenvalue weighted by Gasteiger charge is 2.17. The molecule has 0 aliphatic heterocycles. The molecular weight excluding hydrogens is 316 g/mol. The fraction of sp³-hybridized carbons (Fsp3) is 0.579. The third-order valence-electron chi connectivity index (χ3n) is 4.28. The van der Waals surface area contributed by atoms with Gasteiger partial charge in [0.2, 0.25) is 5.91 Å². The number of carbonyl (C=O) groups is 1. The quantitative estimate of drug-likeness (QED) is 0.586. The number of nitrogens with one attached hydrogen (secondary N) is 2. The zero-order valence-corrected chi connectivity index (χ0v) is 15.5. The zero-order chi connectivity index (χ0) is 18.1. The Bertz CT molecular complexity index is 581. The molecule has 138 valence electrons. The average Bonchev–Trinajstić information content (AvgIpc) is 3.11. The van der Waals surface area contributed by atoms with E-state index >= 15 is 0 Å². The minimum atomic E-state index is 0.0237. The fourth-order valence-electron chi connectivity index (χ4n) is 2.83. The lowest BCUT2D eigenvalue weighted by molar-refractivity contribution is -0.127. The molecule has 0 heterocycles. The van der Waals surface area contributed by atoms with Crippen molar-refractivity contribution in [3.05, 3.63) is 29.8 Å². The van der Waals surface area contributed by atoms with Gasteiger partial charge in [-0.1, -0.05) is 31.0 Å². The number of guanidine groups is 1. The minimum Gasteiger partial charge on any atom is -0.494 e. The molecule has 6 heteroatoms. The van der Waals surface area contributed by atoms with E-state index < -0.39 is 0 Å². The molecule has 1 aliphatic rings. The molecule has 2 rings (SSSR count). The van der Waals surface area contributed by atoms with E-state index in [2.05, 4.69) is 15.6 Å². The summed E-state index contributed by atoms with van der Waals surface area (Å²) in [5, 5.41) is 6.62. The van der Waals surface area contributed by atoms with Crippen LogP contribution >= 0.6 is 0 Å². The summed E-state index contributed by atoms with van der Waals surface area (Å²) >= 11 is 0. The molecule has 1 aromatic rings. The standard InChI is InChI=1S/C19H30N4O2/c1-4-25-17-12-8-5-9-15(17)13-20-19(21-14-18(24)23(2)3)22-16-10-6-7-11-16/h5,8-9,12,16H,4,6-7,10-11,13-14H2,1-3H3,(H2,20,21,22). The first-order valence-electron chi connectivity index (χ1n) is 9.06. The summed E-state index contributed by atoms with van der Waals surface area (Å²) in [6.07, 6.45) is 4.79. The Morgan fingerprint density at radius 1 is 1.28 bits per heavy atom. The van der Waals surface area contributed by atoms with Gasteiger partial charge < -0.3 is 20.3 Å². The van der Waals surface area contributed by atoms with Gasteiger partial charge in [-0.25, -0.2) is 4.99 Å². The Balaban J connectivity index is 2.04. The SMILES string of the molecule is CCOc1ccccc1CN=C(NCC(=O)N(C)C)NC1CCCC1. The van der Waals surface area contributed by atoms with E-state index in [1.54, 1.807) is 19.0 Å². The molecule has 0 spiro atoms. The van der Waals surface area contributed by atoms with Crippen molar-refractivity contribution >= 4 is 11.9 Å². The van der Waals surface area contributed by atoms with Crippen molar-refractivity contribution in [2.75, 3.05) is 27.2 Å². The van der Waals surface area contributed by atoms with Crippen molar-refractivity contribution in [2.24, 2.45) is 4.99 Å². The van der Waals surface area contributed by atoms with Crippen LogP contribution in [-0.2, 0) is 11.3 Å². The number of nitrogens with zero attached hydrogens (tertiary/aromatic N) is 2. The normalized spacial score (nSPS) is 15.1. The summed E-state index contributed by atoms with van der Waals surface area (Å²) in [4.78, 5) is 18.1. The molecule has 1 aliphatic carbocycles. The van der Waals surface area contributed by atoms with Gasteiger partial charge >= 0.3 is 0 Å². The fourth-order valence-corrected chi connectivity index (χ4v) is 2.83. The van der Waals surface area contributed by atoms with Gasteiger partial charge in [0.25, 0.3) is 0 Å². The zero-order valence-electron chi connectivity index (χ0n) is 15.5. The van der Waals surface area contributed by atoms with Crippen molar-refractivity contribution in [1.29, 1.82) is 0 Å². The molecule has 0 radical (unpaired) electrons. The molecule has 25 heavy (non-hydrogen) atoms. The van der Waals surface area contributed by atoms with E-state index in [0.29, 0.717) is 25.2 Å². The van der Waals surface area contributed by atoms with Crippen molar-refractivity contribution in [3.63, 3.8) is 0 Å². The largest absolute Gasteiger partial charge is 0.494 e. The number of hydrogen-bond donors (Lipinski definition) is 2. The highest BCUT2D eigenvalue weighted by Crippen LogP contribution is 2.19. The molecule has 1 amide bonds. The van der Waals surface area contributed by atoms with Crippen LogP contribution in [0.1, 0.15) is 38.2 Å².